The fourth-order valence-electron chi connectivity index (χ4n) is 2.11. The van der Waals surface area contributed by atoms with E-state index in [1.54, 1.807) is 11.0 Å². The van der Waals surface area contributed by atoms with Gasteiger partial charge in [0.05, 0.1) is 0 Å². The lowest BCUT2D eigenvalue weighted by atomic mass is 10.2. The van der Waals surface area contributed by atoms with E-state index in [2.05, 4.69) is 16.8 Å². The summed E-state index contributed by atoms with van der Waals surface area (Å²) in [4.78, 5) is 13.9. The highest BCUT2D eigenvalue weighted by Crippen LogP contribution is 2.33. The Morgan fingerprint density at radius 3 is 3.00 bits per heavy atom. The SMILES string of the molecule is C=CCSc1nnc([C@@H]2CCCN2C(=O)OC(C)(C)C)o1. The van der Waals surface area contributed by atoms with Crippen LogP contribution in [0.25, 0.3) is 0 Å². The molecule has 116 valence electrons. The number of aromatic nitrogens is 2. The van der Waals surface area contributed by atoms with Crippen molar-refractivity contribution in [1.29, 1.82) is 0 Å². The minimum Gasteiger partial charge on any atom is -0.444 e. The van der Waals surface area contributed by atoms with Crippen LogP contribution in [0.4, 0.5) is 4.79 Å². The van der Waals surface area contributed by atoms with Gasteiger partial charge in [-0.05, 0) is 33.6 Å². The Morgan fingerprint density at radius 1 is 1.57 bits per heavy atom. The van der Waals surface area contributed by atoms with Crippen LogP contribution in [0.2, 0.25) is 0 Å². The Hall–Kier alpha value is -1.50. The average molecular weight is 311 g/mol. The molecular formula is C14H21N3O3S. The molecule has 7 heteroatoms. The molecule has 1 aliphatic rings. The minimum atomic E-state index is -0.510. The highest BCUT2D eigenvalue weighted by molar-refractivity contribution is 7.99. The molecule has 0 unspecified atom stereocenters. The topological polar surface area (TPSA) is 68.5 Å². The maximum Gasteiger partial charge on any atom is 0.410 e. The molecule has 0 bridgehead atoms. The monoisotopic (exact) mass is 311 g/mol. The Balaban J connectivity index is 2.06. The van der Waals surface area contributed by atoms with Gasteiger partial charge in [0.25, 0.3) is 5.22 Å². The number of nitrogens with zero attached hydrogens (tertiary/aromatic N) is 3. The molecule has 2 heterocycles. The summed E-state index contributed by atoms with van der Waals surface area (Å²) in [6.45, 7) is 9.86. The number of hydrogen-bond donors (Lipinski definition) is 0. The lowest BCUT2D eigenvalue weighted by molar-refractivity contribution is 0.0201. The van der Waals surface area contributed by atoms with Crippen LogP contribution in [0, 0.1) is 0 Å². The Labute approximate surface area is 128 Å². The van der Waals surface area contributed by atoms with E-state index in [1.165, 1.54) is 11.8 Å². The second-order valence-corrected chi connectivity index (χ2v) is 6.81. The summed E-state index contributed by atoms with van der Waals surface area (Å²) < 4.78 is 11.0. The van der Waals surface area contributed by atoms with E-state index in [-0.39, 0.29) is 12.1 Å². The van der Waals surface area contributed by atoms with Gasteiger partial charge in [-0.15, -0.1) is 16.8 Å². The van der Waals surface area contributed by atoms with Gasteiger partial charge in [-0.2, -0.15) is 0 Å². The molecule has 0 N–H and O–H groups in total. The van der Waals surface area contributed by atoms with Crippen LogP contribution in [-0.4, -0.2) is 39.1 Å². The van der Waals surface area contributed by atoms with Crippen LogP contribution < -0.4 is 0 Å². The third-order valence-corrected chi connectivity index (χ3v) is 3.73. The average Bonchev–Trinajstić information content (AvgIpc) is 3.02. The lowest BCUT2D eigenvalue weighted by Gasteiger charge is -2.27. The summed E-state index contributed by atoms with van der Waals surface area (Å²) in [6, 6.07) is -0.189. The molecule has 0 spiro atoms. The quantitative estimate of drug-likeness (QED) is 0.627. The molecule has 0 aliphatic carbocycles. The van der Waals surface area contributed by atoms with Gasteiger partial charge in [0, 0.05) is 12.3 Å². The van der Waals surface area contributed by atoms with Gasteiger partial charge in [0.2, 0.25) is 5.89 Å². The summed E-state index contributed by atoms with van der Waals surface area (Å²) >= 11 is 1.43. The number of thioether (sulfide) groups is 1. The van der Waals surface area contributed by atoms with Crippen molar-refractivity contribution in [2.75, 3.05) is 12.3 Å². The van der Waals surface area contributed by atoms with E-state index >= 15 is 0 Å². The van der Waals surface area contributed by atoms with E-state index in [9.17, 15) is 4.79 Å². The molecule has 2 rings (SSSR count). The standard InChI is InChI=1S/C14H21N3O3S/c1-5-9-21-12-16-15-11(19-12)10-7-6-8-17(10)13(18)20-14(2,3)4/h5,10H,1,6-9H2,2-4H3/t10-/m0/s1. The molecule has 1 atom stereocenters. The zero-order chi connectivity index (χ0) is 15.5. The Kier molecular flexibility index (Phi) is 4.92. The highest BCUT2D eigenvalue weighted by atomic mass is 32.2. The fourth-order valence-corrected chi connectivity index (χ4v) is 2.61. The van der Waals surface area contributed by atoms with Crippen molar-refractivity contribution in [2.45, 2.75) is 50.5 Å². The Bertz CT molecular complexity index is 510. The molecule has 1 fully saturated rings. The second kappa shape index (κ2) is 6.51. The van der Waals surface area contributed by atoms with Crippen molar-refractivity contribution < 1.29 is 13.9 Å². The maximum atomic E-state index is 12.2. The van der Waals surface area contributed by atoms with Crippen LogP contribution in [0.5, 0.6) is 0 Å². The highest BCUT2D eigenvalue weighted by Gasteiger charge is 2.36. The number of amides is 1. The van der Waals surface area contributed by atoms with Crippen LogP contribution >= 0.6 is 11.8 Å². The van der Waals surface area contributed by atoms with E-state index in [0.29, 0.717) is 23.4 Å². The third-order valence-electron chi connectivity index (χ3n) is 2.91. The van der Waals surface area contributed by atoms with Gasteiger partial charge in [-0.1, -0.05) is 17.8 Å². The van der Waals surface area contributed by atoms with E-state index in [1.807, 2.05) is 20.8 Å². The van der Waals surface area contributed by atoms with E-state index in [0.717, 1.165) is 12.8 Å². The number of hydrogen-bond acceptors (Lipinski definition) is 6. The molecule has 6 nitrogen and oxygen atoms in total. The molecule has 1 aliphatic heterocycles. The summed E-state index contributed by atoms with van der Waals surface area (Å²) in [5, 5.41) is 8.55. The van der Waals surface area contributed by atoms with Gasteiger partial charge in [0.1, 0.15) is 11.6 Å². The van der Waals surface area contributed by atoms with Gasteiger partial charge in [-0.25, -0.2) is 4.79 Å². The van der Waals surface area contributed by atoms with Crippen LogP contribution in [0.3, 0.4) is 0 Å². The molecule has 0 saturated carbocycles. The number of rotatable bonds is 4. The molecule has 21 heavy (non-hydrogen) atoms. The van der Waals surface area contributed by atoms with Gasteiger partial charge in [0.15, 0.2) is 0 Å². The fraction of sp³-hybridized carbons (Fsp3) is 0.643. The van der Waals surface area contributed by atoms with Crippen LogP contribution in [0.15, 0.2) is 22.3 Å². The largest absolute Gasteiger partial charge is 0.444 e. The first-order valence-electron chi connectivity index (χ1n) is 6.97. The number of likely N-dealkylation sites (tertiary alicyclic amines) is 1. The van der Waals surface area contributed by atoms with Gasteiger partial charge >= 0.3 is 6.09 Å². The summed E-state index contributed by atoms with van der Waals surface area (Å²) in [7, 11) is 0. The minimum absolute atomic E-state index is 0.189. The molecule has 0 radical (unpaired) electrons. The summed E-state index contributed by atoms with van der Waals surface area (Å²) in [6.07, 6.45) is 3.16. The lowest BCUT2D eigenvalue weighted by Crippen LogP contribution is -2.36. The zero-order valence-electron chi connectivity index (χ0n) is 12.7. The third kappa shape index (κ3) is 4.23. The predicted octanol–water partition coefficient (Wildman–Crippen LogP) is 3.42. The molecule has 1 amide bonds. The van der Waals surface area contributed by atoms with Crippen LogP contribution in [0.1, 0.15) is 45.5 Å². The number of ether oxygens (including phenoxy) is 1. The van der Waals surface area contributed by atoms with Crippen molar-refractivity contribution >= 4 is 17.9 Å². The van der Waals surface area contributed by atoms with Crippen molar-refractivity contribution in [3.8, 4) is 0 Å². The molecule has 1 saturated heterocycles. The summed E-state index contributed by atoms with van der Waals surface area (Å²) in [5.41, 5.74) is -0.510. The number of carbonyl (C=O) groups is 1. The second-order valence-electron chi connectivity index (χ2n) is 5.84. The molecule has 1 aromatic heterocycles. The van der Waals surface area contributed by atoms with Crippen LogP contribution in [-0.2, 0) is 4.74 Å². The first kappa shape index (κ1) is 15.9. The van der Waals surface area contributed by atoms with E-state index in [4.69, 9.17) is 9.15 Å². The van der Waals surface area contributed by atoms with Crippen molar-refractivity contribution in [3.05, 3.63) is 18.5 Å². The first-order valence-corrected chi connectivity index (χ1v) is 7.96. The maximum absolute atomic E-state index is 12.2. The molecular weight excluding hydrogens is 290 g/mol. The normalized spacial score (nSPS) is 18.8. The number of carbonyl (C=O) groups excluding carboxylic acids is 1. The molecule has 0 aromatic carbocycles. The summed E-state index contributed by atoms with van der Waals surface area (Å²) in [5.74, 6) is 1.19. The van der Waals surface area contributed by atoms with Gasteiger partial charge in [-0.3, -0.25) is 4.90 Å². The van der Waals surface area contributed by atoms with Crippen molar-refractivity contribution in [3.63, 3.8) is 0 Å². The zero-order valence-corrected chi connectivity index (χ0v) is 13.5. The van der Waals surface area contributed by atoms with Crippen molar-refractivity contribution in [2.24, 2.45) is 0 Å². The van der Waals surface area contributed by atoms with E-state index < -0.39 is 5.60 Å². The Morgan fingerprint density at radius 2 is 2.33 bits per heavy atom. The first-order chi connectivity index (χ1) is 9.90. The molecule has 1 aromatic rings. The predicted molar refractivity (Wildman–Crippen MR) is 80.1 cm³/mol. The van der Waals surface area contributed by atoms with Gasteiger partial charge < -0.3 is 9.15 Å². The van der Waals surface area contributed by atoms with Crippen molar-refractivity contribution in [1.82, 2.24) is 15.1 Å². The smallest absolute Gasteiger partial charge is 0.410 e.